The number of unbranched alkanes of at least 4 members (excludes halogenated alkanes) is 2. The van der Waals surface area contributed by atoms with Crippen molar-refractivity contribution in [2.45, 2.75) is 78.3 Å². The normalized spacial score (nSPS) is 20.5. The molecule has 0 spiro atoms. The van der Waals surface area contributed by atoms with Crippen LogP contribution in [0, 0.1) is 0 Å². The number of nitrogens with one attached hydrogen (secondary N) is 2. The number of carbonyl (C=O) groups excluding carboxylic acids is 2. The molecular formula is C20H40N4O2. The zero-order valence-corrected chi connectivity index (χ0v) is 17.4. The molecule has 6 heteroatoms. The Kier molecular flexibility index (Phi) is 11.5. The maximum Gasteiger partial charge on any atom is 0.243 e. The summed E-state index contributed by atoms with van der Waals surface area (Å²) in [5.41, 5.74) is 0. The van der Waals surface area contributed by atoms with E-state index in [0.717, 1.165) is 77.8 Å². The molecule has 2 amide bonds. The highest BCUT2D eigenvalue weighted by molar-refractivity contribution is 5.96. The number of amides is 2. The molecule has 0 radical (unpaired) electrons. The fourth-order valence-electron chi connectivity index (χ4n) is 3.53. The zero-order valence-electron chi connectivity index (χ0n) is 17.4. The number of piperazine rings is 1. The first-order valence-electron chi connectivity index (χ1n) is 10.6. The van der Waals surface area contributed by atoms with Gasteiger partial charge < -0.3 is 20.4 Å². The minimum atomic E-state index is -0.355. The van der Waals surface area contributed by atoms with Crippen molar-refractivity contribution in [2.75, 3.05) is 39.3 Å². The molecule has 26 heavy (non-hydrogen) atoms. The minimum absolute atomic E-state index is 0.0128. The Balaban J connectivity index is 2.24. The molecule has 0 aromatic rings. The predicted octanol–water partition coefficient (Wildman–Crippen LogP) is 1.99. The van der Waals surface area contributed by atoms with E-state index in [0.29, 0.717) is 0 Å². The SMILES string of the molecule is CCN(CC)CCCC[C@@H]1NC(=O)[C@H](CCCCN(CC)CC)NC1=O. The van der Waals surface area contributed by atoms with Gasteiger partial charge in [-0.05, 0) is 77.8 Å². The lowest BCUT2D eigenvalue weighted by Gasteiger charge is -2.30. The van der Waals surface area contributed by atoms with Crippen molar-refractivity contribution >= 4 is 11.8 Å². The predicted molar refractivity (Wildman–Crippen MR) is 107 cm³/mol. The van der Waals surface area contributed by atoms with Gasteiger partial charge in [-0.3, -0.25) is 9.59 Å². The first-order chi connectivity index (χ1) is 12.5. The maximum absolute atomic E-state index is 12.3. The van der Waals surface area contributed by atoms with Crippen LogP contribution >= 0.6 is 0 Å². The van der Waals surface area contributed by atoms with Crippen LogP contribution in [0.5, 0.6) is 0 Å². The van der Waals surface area contributed by atoms with E-state index in [4.69, 9.17) is 0 Å². The standard InChI is InChI=1S/C20H40N4O2/c1-5-23(6-2)15-11-9-13-17-19(25)22-18(20(26)21-17)14-10-12-16-24(7-3)8-4/h17-18H,5-16H2,1-4H3,(H,21,26)(H,22,25)/t17-,18-/m0/s1. The summed E-state index contributed by atoms with van der Waals surface area (Å²) >= 11 is 0. The van der Waals surface area contributed by atoms with E-state index in [1.54, 1.807) is 0 Å². The van der Waals surface area contributed by atoms with Gasteiger partial charge in [-0.1, -0.05) is 27.7 Å². The summed E-state index contributed by atoms with van der Waals surface area (Å²) in [5, 5.41) is 5.86. The lowest BCUT2D eigenvalue weighted by Crippen LogP contribution is -2.61. The molecule has 0 aliphatic carbocycles. The Morgan fingerprint density at radius 3 is 1.31 bits per heavy atom. The first kappa shape index (κ1) is 22.9. The van der Waals surface area contributed by atoms with Gasteiger partial charge in [0.1, 0.15) is 12.1 Å². The second-order valence-electron chi connectivity index (χ2n) is 7.17. The van der Waals surface area contributed by atoms with Gasteiger partial charge in [-0.25, -0.2) is 0 Å². The molecule has 1 aliphatic heterocycles. The Hall–Kier alpha value is -1.14. The number of rotatable bonds is 14. The number of hydrogen-bond donors (Lipinski definition) is 2. The molecule has 6 nitrogen and oxygen atoms in total. The number of carbonyl (C=O) groups is 2. The summed E-state index contributed by atoms with van der Waals surface area (Å²) in [7, 11) is 0. The van der Waals surface area contributed by atoms with Gasteiger partial charge in [0.15, 0.2) is 0 Å². The van der Waals surface area contributed by atoms with E-state index >= 15 is 0 Å². The molecule has 0 saturated carbocycles. The molecule has 1 saturated heterocycles. The van der Waals surface area contributed by atoms with Crippen LogP contribution in [0.15, 0.2) is 0 Å². The third-order valence-electron chi connectivity index (χ3n) is 5.49. The summed E-state index contributed by atoms with van der Waals surface area (Å²) in [6.45, 7) is 15.0. The largest absolute Gasteiger partial charge is 0.343 e. The zero-order chi connectivity index (χ0) is 19.4. The van der Waals surface area contributed by atoms with Crippen LogP contribution in [0.2, 0.25) is 0 Å². The van der Waals surface area contributed by atoms with Crippen LogP contribution in [0.4, 0.5) is 0 Å². The highest BCUT2D eigenvalue weighted by Crippen LogP contribution is 2.11. The van der Waals surface area contributed by atoms with Crippen molar-refractivity contribution in [1.29, 1.82) is 0 Å². The first-order valence-corrected chi connectivity index (χ1v) is 10.6. The molecule has 2 N–H and O–H groups in total. The van der Waals surface area contributed by atoms with Crippen molar-refractivity contribution < 1.29 is 9.59 Å². The van der Waals surface area contributed by atoms with Crippen molar-refractivity contribution in [3.05, 3.63) is 0 Å². The van der Waals surface area contributed by atoms with Crippen molar-refractivity contribution in [2.24, 2.45) is 0 Å². The highest BCUT2D eigenvalue weighted by Gasteiger charge is 2.32. The molecule has 1 heterocycles. The van der Waals surface area contributed by atoms with Crippen LogP contribution in [-0.2, 0) is 9.59 Å². The van der Waals surface area contributed by atoms with E-state index < -0.39 is 0 Å². The van der Waals surface area contributed by atoms with Gasteiger partial charge in [0, 0.05) is 0 Å². The molecule has 1 rings (SSSR count). The molecule has 152 valence electrons. The third-order valence-corrected chi connectivity index (χ3v) is 5.49. The molecule has 0 aromatic heterocycles. The van der Waals surface area contributed by atoms with E-state index in [9.17, 15) is 9.59 Å². The Labute approximate surface area is 160 Å². The lowest BCUT2D eigenvalue weighted by molar-refractivity contribution is -0.137. The average Bonchev–Trinajstić information content (AvgIpc) is 2.65. The van der Waals surface area contributed by atoms with Gasteiger partial charge in [0.2, 0.25) is 11.8 Å². The lowest BCUT2D eigenvalue weighted by atomic mass is 10.0. The molecule has 1 aliphatic rings. The van der Waals surface area contributed by atoms with Gasteiger partial charge in [-0.2, -0.15) is 0 Å². The van der Waals surface area contributed by atoms with Crippen LogP contribution in [0.25, 0.3) is 0 Å². The van der Waals surface area contributed by atoms with Crippen molar-refractivity contribution in [3.63, 3.8) is 0 Å². The molecule has 1 fully saturated rings. The topological polar surface area (TPSA) is 64.7 Å². The van der Waals surface area contributed by atoms with Crippen molar-refractivity contribution in [3.8, 4) is 0 Å². The molecule has 2 atom stereocenters. The summed E-state index contributed by atoms with van der Waals surface area (Å²) in [5.74, 6) is -0.0256. The molecule has 0 unspecified atom stereocenters. The van der Waals surface area contributed by atoms with E-state index in [2.05, 4.69) is 48.1 Å². The number of nitrogens with zero attached hydrogens (tertiary/aromatic N) is 2. The minimum Gasteiger partial charge on any atom is -0.343 e. The van der Waals surface area contributed by atoms with Gasteiger partial charge in [-0.15, -0.1) is 0 Å². The Morgan fingerprint density at radius 2 is 1.00 bits per heavy atom. The second-order valence-corrected chi connectivity index (χ2v) is 7.17. The summed E-state index contributed by atoms with van der Waals surface area (Å²) in [4.78, 5) is 29.3. The second kappa shape index (κ2) is 13.1. The average molecular weight is 369 g/mol. The fourth-order valence-corrected chi connectivity index (χ4v) is 3.53. The van der Waals surface area contributed by atoms with Crippen LogP contribution in [-0.4, -0.2) is 73.0 Å². The summed E-state index contributed by atoms with van der Waals surface area (Å²) in [6.07, 6.45) is 5.51. The van der Waals surface area contributed by atoms with Crippen LogP contribution in [0.3, 0.4) is 0 Å². The third kappa shape index (κ3) is 8.04. The van der Waals surface area contributed by atoms with E-state index in [1.165, 1.54) is 0 Å². The Bertz CT molecular complexity index is 371. The van der Waals surface area contributed by atoms with Crippen LogP contribution in [0.1, 0.15) is 66.2 Å². The Morgan fingerprint density at radius 1 is 0.654 bits per heavy atom. The van der Waals surface area contributed by atoms with Gasteiger partial charge in [0.25, 0.3) is 0 Å². The number of hydrogen-bond acceptors (Lipinski definition) is 4. The maximum atomic E-state index is 12.3. The molecular weight excluding hydrogens is 328 g/mol. The monoisotopic (exact) mass is 368 g/mol. The summed E-state index contributed by atoms with van der Waals surface area (Å²) in [6, 6.07) is -0.711. The van der Waals surface area contributed by atoms with Crippen LogP contribution < -0.4 is 10.6 Å². The van der Waals surface area contributed by atoms with Crippen molar-refractivity contribution in [1.82, 2.24) is 20.4 Å². The van der Waals surface area contributed by atoms with E-state index in [-0.39, 0.29) is 23.9 Å². The quantitative estimate of drug-likeness (QED) is 0.460. The highest BCUT2D eigenvalue weighted by atomic mass is 16.2. The summed E-state index contributed by atoms with van der Waals surface area (Å²) < 4.78 is 0. The van der Waals surface area contributed by atoms with Gasteiger partial charge in [0.05, 0.1) is 0 Å². The molecule has 0 aromatic carbocycles. The smallest absolute Gasteiger partial charge is 0.243 e. The fraction of sp³-hybridized carbons (Fsp3) is 0.900. The molecule has 0 bridgehead atoms. The van der Waals surface area contributed by atoms with Gasteiger partial charge >= 0.3 is 0 Å². The van der Waals surface area contributed by atoms with E-state index in [1.807, 2.05) is 0 Å².